The van der Waals surface area contributed by atoms with E-state index >= 15 is 0 Å². The van der Waals surface area contributed by atoms with Gasteiger partial charge in [0.1, 0.15) is 11.5 Å². The van der Waals surface area contributed by atoms with Crippen LogP contribution in [-0.4, -0.2) is 67.1 Å². The van der Waals surface area contributed by atoms with Crippen molar-refractivity contribution in [1.82, 2.24) is 14.9 Å². The molecule has 2 amide bonds. The first-order chi connectivity index (χ1) is 13.1. The molecule has 1 N–H and O–H groups in total. The van der Waals surface area contributed by atoms with E-state index in [0.717, 1.165) is 0 Å². The number of hydrogen-bond acceptors (Lipinski definition) is 7. The molecule has 0 bridgehead atoms. The van der Waals surface area contributed by atoms with Crippen molar-refractivity contribution in [2.75, 3.05) is 50.6 Å². The Morgan fingerprint density at radius 2 is 1.74 bits per heavy atom. The van der Waals surface area contributed by atoms with Gasteiger partial charge in [-0.3, -0.25) is 9.59 Å². The normalized spacial score (nSPS) is 13.9. The van der Waals surface area contributed by atoms with Gasteiger partial charge in [-0.2, -0.15) is 0 Å². The van der Waals surface area contributed by atoms with Gasteiger partial charge in [0.15, 0.2) is 0 Å². The number of carbonyl (C=O) groups is 2. The summed E-state index contributed by atoms with van der Waals surface area (Å²) in [6.07, 6.45) is 3.35. The summed E-state index contributed by atoms with van der Waals surface area (Å²) in [5.74, 6) is 0.313. The van der Waals surface area contributed by atoms with Crippen LogP contribution in [0.15, 0.2) is 36.7 Å². The Hall–Kier alpha value is -3.36. The van der Waals surface area contributed by atoms with Crippen molar-refractivity contribution in [3.63, 3.8) is 0 Å². The molecule has 142 valence electrons. The Morgan fingerprint density at radius 1 is 1.04 bits per heavy atom. The lowest BCUT2D eigenvalue weighted by atomic mass is 10.2. The number of nitrogens with zero attached hydrogens (tertiary/aromatic N) is 4. The maximum atomic E-state index is 12.5. The third-order valence-corrected chi connectivity index (χ3v) is 4.25. The number of nitrogens with one attached hydrogen (secondary N) is 1. The Labute approximate surface area is 156 Å². The summed E-state index contributed by atoms with van der Waals surface area (Å²) in [5.41, 5.74) is 0.381. The lowest BCUT2D eigenvalue weighted by Crippen LogP contribution is -2.52. The first kappa shape index (κ1) is 18.4. The second kappa shape index (κ2) is 8.35. The molecule has 3 rings (SSSR count). The van der Waals surface area contributed by atoms with E-state index in [0.29, 0.717) is 49.3 Å². The fourth-order valence-corrected chi connectivity index (χ4v) is 2.80. The van der Waals surface area contributed by atoms with E-state index in [-0.39, 0.29) is 0 Å². The molecule has 0 unspecified atom stereocenters. The SMILES string of the molecule is COc1ccc(OC)c(NC(=O)C(=O)N2CCN(c3ncccn3)CC2)c1. The van der Waals surface area contributed by atoms with E-state index in [9.17, 15) is 9.59 Å². The summed E-state index contributed by atoms with van der Waals surface area (Å²) < 4.78 is 10.4. The van der Waals surface area contributed by atoms with Crippen LogP contribution in [0, 0.1) is 0 Å². The second-order valence-electron chi connectivity index (χ2n) is 5.85. The van der Waals surface area contributed by atoms with E-state index in [2.05, 4.69) is 15.3 Å². The van der Waals surface area contributed by atoms with Crippen LogP contribution < -0.4 is 19.7 Å². The minimum atomic E-state index is -0.717. The second-order valence-corrected chi connectivity index (χ2v) is 5.85. The van der Waals surface area contributed by atoms with Crippen LogP contribution >= 0.6 is 0 Å². The molecular weight excluding hydrogens is 350 g/mol. The molecule has 0 saturated carbocycles. The first-order valence-electron chi connectivity index (χ1n) is 8.46. The largest absolute Gasteiger partial charge is 0.497 e. The quantitative estimate of drug-likeness (QED) is 0.793. The smallest absolute Gasteiger partial charge is 0.314 e. The predicted molar refractivity (Wildman–Crippen MR) is 99.0 cm³/mol. The van der Waals surface area contributed by atoms with Crippen molar-refractivity contribution < 1.29 is 19.1 Å². The van der Waals surface area contributed by atoms with E-state index in [1.165, 1.54) is 19.1 Å². The Balaban J connectivity index is 1.61. The van der Waals surface area contributed by atoms with Crippen LogP contribution in [0.5, 0.6) is 11.5 Å². The van der Waals surface area contributed by atoms with Gasteiger partial charge in [0.05, 0.1) is 19.9 Å². The van der Waals surface area contributed by atoms with Crippen LogP contribution in [0.2, 0.25) is 0 Å². The van der Waals surface area contributed by atoms with Crippen molar-refractivity contribution in [2.24, 2.45) is 0 Å². The summed E-state index contributed by atoms with van der Waals surface area (Å²) in [7, 11) is 3.01. The lowest BCUT2D eigenvalue weighted by Gasteiger charge is -2.34. The number of piperazine rings is 1. The molecule has 1 saturated heterocycles. The molecule has 1 fully saturated rings. The molecule has 1 aliphatic rings. The van der Waals surface area contributed by atoms with Crippen LogP contribution in [-0.2, 0) is 9.59 Å². The third-order valence-electron chi connectivity index (χ3n) is 4.25. The average Bonchev–Trinajstić information content (AvgIpc) is 2.73. The molecule has 0 aliphatic carbocycles. The standard InChI is InChI=1S/C18H21N5O4/c1-26-13-4-5-15(27-2)14(12-13)21-16(24)17(25)22-8-10-23(11-9-22)18-19-6-3-7-20-18/h3-7,12H,8-11H2,1-2H3,(H,21,24). The van der Waals surface area contributed by atoms with Gasteiger partial charge >= 0.3 is 11.8 Å². The zero-order valence-corrected chi connectivity index (χ0v) is 15.2. The minimum absolute atomic E-state index is 0.381. The predicted octanol–water partition coefficient (Wildman–Crippen LogP) is 0.781. The van der Waals surface area contributed by atoms with Crippen molar-refractivity contribution in [3.8, 4) is 11.5 Å². The Bertz CT molecular complexity index is 807. The number of anilines is 2. The number of amides is 2. The van der Waals surface area contributed by atoms with Crippen LogP contribution in [0.1, 0.15) is 0 Å². The molecule has 9 heteroatoms. The number of methoxy groups -OCH3 is 2. The Morgan fingerprint density at radius 3 is 2.37 bits per heavy atom. The highest BCUT2D eigenvalue weighted by atomic mass is 16.5. The highest BCUT2D eigenvalue weighted by Gasteiger charge is 2.27. The number of benzene rings is 1. The van der Waals surface area contributed by atoms with Gasteiger partial charge in [-0.15, -0.1) is 0 Å². The Kier molecular flexibility index (Phi) is 5.70. The van der Waals surface area contributed by atoms with E-state index in [1.807, 2.05) is 4.90 Å². The van der Waals surface area contributed by atoms with Gasteiger partial charge in [-0.1, -0.05) is 0 Å². The van der Waals surface area contributed by atoms with Crippen LogP contribution in [0.25, 0.3) is 0 Å². The fourth-order valence-electron chi connectivity index (χ4n) is 2.80. The lowest BCUT2D eigenvalue weighted by molar-refractivity contribution is -0.143. The van der Waals surface area contributed by atoms with Gasteiger partial charge in [-0.25, -0.2) is 9.97 Å². The highest BCUT2D eigenvalue weighted by molar-refractivity contribution is 6.39. The van der Waals surface area contributed by atoms with Crippen molar-refractivity contribution in [2.45, 2.75) is 0 Å². The van der Waals surface area contributed by atoms with E-state index < -0.39 is 11.8 Å². The fraction of sp³-hybridized carbons (Fsp3) is 0.333. The van der Waals surface area contributed by atoms with Gasteiger partial charge in [0.2, 0.25) is 5.95 Å². The topological polar surface area (TPSA) is 96.9 Å². The number of hydrogen-bond donors (Lipinski definition) is 1. The molecule has 1 aliphatic heterocycles. The van der Waals surface area contributed by atoms with Gasteiger partial charge in [0, 0.05) is 44.6 Å². The van der Waals surface area contributed by atoms with Gasteiger partial charge in [0.25, 0.3) is 0 Å². The van der Waals surface area contributed by atoms with Crippen molar-refractivity contribution in [3.05, 3.63) is 36.7 Å². The zero-order valence-electron chi connectivity index (χ0n) is 15.2. The molecule has 2 heterocycles. The summed E-state index contributed by atoms with van der Waals surface area (Å²) in [5, 5.41) is 2.60. The molecule has 0 radical (unpaired) electrons. The molecular formula is C18H21N5O4. The van der Waals surface area contributed by atoms with Gasteiger partial charge < -0.3 is 24.6 Å². The number of aromatic nitrogens is 2. The maximum absolute atomic E-state index is 12.5. The average molecular weight is 371 g/mol. The summed E-state index contributed by atoms with van der Waals surface area (Å²) >= 11 is 0. The van der Waals surface area contributed by atoms with Gasteiger partial charge in [-0.05, 0) is 18.2 Å². The third kappa shape index (κ3) is 4.25. The summed E-state index contributed by atoms with van der Waals surface area (Å²) in [6.45, 7) is 1.95. The molecule has 0 spiro atoms. The van der Waals surface area contributed by atoms with Crippen LogP contribution in [0.3, 0.4) is 0 Å². The van der Waals surface area contributed by atoms with E-state index in [1.54, 1.807) is 36.7 Å². The minimum Gasteiger partial charge on any atom is -0.497 e. The zero-order chi connectivity index (χ0) is 19.2. The number of carbonyl (C=O) groups excluding carboxylic acids is 2. The molecule has 0 atom stereocenters. The molecule has 1 aromatic heterocycles. The molecule has 1 aromatic carbocycles. The monoisotopic (exact) mass is 371 g/mol. The van der Waals surface area contributed by atoms with Crippen molar-refractivity contribution >= 4 is 23.5 Å². The molecule has 9 nitrogen and oxygen atoms in total. The van der Waals surface area contributed by atoms with E-state index in [4.69, 9.17) is 9.47 Å². The molecule has 2 aromatic rings. The highest BCUT2D eigenvalue weighted by Crippen LogP contribution is 2.28. The maximum Gasteiger partial charge on any atom is 0.314 e. The van der Waals surface area contributed by atoms with Crippen LogP contribution in [0.4, 0.5) is 11.6 Å². The summed E-state index contributed by atoms with van der Waals surface area (Å²) in [4.78, 5) is 36.8. The number of ether oxygens (including phenoxy) is 2. The molecule has 27 heavy (non-hydrogen) atoms. The van der Waals surface area contributed by atoms with Crippen molar-refractivity contribution in [1.29, 1.82) is 0 Å². The first-order valence-corrected chi connectivity index (χ1v) is 8.46. The number of rotatable bonds is 4. The summed E-state index contributed by atoms with van der Waals surface area (Å²) in [6, 6.07) is 6.73.